The van der Waals surface area contributed by atoms with Crippen molar-refractivity contribution in [1.29, 1.82) is 0 Å². The number of benzene rings is 2. The predicted octanol–water partition coefficient (Wildman–Crippen LogP) is 14.0. The minimum atomic E-state index is 0.223. The number of aryl methyl sites for hydroxylation is 1. The SMILES string of the molecule is c1c2c(cc3c1oc1c3cc3c4c5c(ncc4n4c6cnc7c(c6c1c34)CCCCCCC71CCCCC1)C1CC3CC(C1)CC5C3)C1CC3CC(CC2C3)C1. The largest absolute Gasteiger partial charge is 0.455 e. The van der Waals surface area contributed by atoms with E-state index in [9.17, 15) is 0 Å². The molecule has 5 fully saturated rings. The molecule has 0 N–H and O–H groups in total. The Bertz CT molecular complexity index is 2800. The third-order valence-electron chi connectivity index (χ3n) is 18.5. The second-order valence-corrected chi connectivity index (χ2v) is 21.5. The van der Waals surface area contributed by atoms with Crippen molar-refractivity contribution in [3.8, 4) is 0 Å². The lowest BCUT2D eigenvalue weighted by Gasteiger charge is -2.38. The standard InChI is InChI=1S/C52H55N3O/c1-2-5-9-52(10-6-3-7-11-52)51-35(8-4-1)45-42(26-54-51)55-41-25-53-48-34-20-29-13-30(21-34)19-33(18-29)44(48)46(41)40-23-39-38-22-36-31-14-27-12-28(15-31)17-32(16-27)37(36)24-43(38)56-50(39)47(45)49(40)55/h22-34H,1-21H2. The highest BCUT2D eigenvalue weighted by Gasteiger charge is 2.46. The Hall–Kier alpha value is -3.66. The molecule has 5 heterocycles. The maximum absolute atomic E-state index is 7.44. The second kappa shape index (κ2) is 10.9. The van der Waals surface area contributed by atoms with Gasteiger partial charge in [0.15, 0.2) is 0 Å². The van der Waals surface area contributed by atoms with E-state index in [2.05, 4.69) is 35.0 Å². The van der Waals surface area contributed by atoms with Gasteiger partial charge in [0.2, 0.25) is 0 Å². The Morgan fingerprint density at radius 3 is 1.93 bits per heavy atom. The number of fused-ring (bicyclic) bond motifs is 13. The molecule has 2 aromatic carbocycles. The van der Waals surface area contributed by atoms with Gasteiger partial charge < -0.3 is 8.82 Å². The van der Waals surface area contributed by atoms with Gasteiger partial charge in [-0.3, -0.25) is 9.97 Å². The fourth-order valence-electron chi connectivity index (χ4n) is 16.7. The van der Waals surface area contributed by atoms with Crippen LogP contribution in [-0.2, 0) is 11.8 Å². The predicted molar refractivity (Wildman–Crippen MR) is 227 cm³/mol. The summed E-state index contributed by atoms with van der Waals surface area (Å²) in [7, 11) is 0. The van der Waals surface area contributed by atoms with Gasteiger partial charge in [-0.1, -0.05) is 38.5 Å². The molecule has 17 rings (SSSR count). The van der Waals surface area contributed by atoms with Crippen molar-refractivity contribution in [1.82, 2.24) is 14.4 Å². The normalized spacial score (nSPS) is 33.1. The van der Waals surface area contributed by atoms with Crippen LogP contribution < -0.4 is 0 Å². The maximum Gasteiger partial charge on any atom is 0.145 e. The molecule has 0 amide bonds. The fourth-order valence-corrected chi connectivity index (χ4v) is 16.7. The van der Waals surface area contributed by atoms with Gasteiger partial charge in [-0.2, -0.15) is 0 Å². The minimum absolute atomic E-state index is 0.223. The van der Waals surface area contributed by atoms with Gasteiger partial charge in [0.25, 0.3) is 0 Å². The molecule has 4 atom stereocenters. The molecule has 284 valence electrons. The third-order valence-corrected chi connectivity index (χ3v) is 18.5. The number of furan rings is 1. The number of hydrogen-bond acceptors (Lipinski definition) is 3. The quantitative estimate of drug-likeness (QED) is 0.156. The van der Waals surface area contributed by atoms with E-state index < -0.39 is 0 Å². The van der Waals surface area contributed by atoms with Gasteiger partial charge >= 0.3 is 0 Å². The number of nitrogens with zero attached hydrogens (tertiary/aromatic N) is 3. The van der Waals surface area contributed by atoms with E-state index in [-0.39, 0.29) is 5.41 Å². The Labute approximate surface area is 329 Å². The first-order chi connectivity index (χ1) is 27.7. The van der Waals surface area contributed by atoms with Crippen LogP contribution in [0.25, 0.3) is 60.0 Å². The first-order valence-corrected chi connectivity index (χ1v) is 23.6. The molecule has 8 bridgehead atoms. The van der Waals surface area contributed by atoms with Crippen LogP contribution in [0.15, 0.2) is 35.0 Å². The summed E-state index contributed by atoms with van der Waals surface area (Å²) in [5.74, 6) is 6.33. The first kappa shape index (κ1) is 31.3. The lowest BCUT2D eigenvalue weighted by Crippen LogP contribution is -2.31. The summed E-state index contributed by atoms with van der Waals surface area (Å²) in [6.45, 7) is 0. The molecule has 4 unspecified atom stereocenters. The van der Waals surface area contributed by atoms with Crippen LogP contribution in [0.2, 0.25) is 0 Å². The molecule has 4 nitrogen and oxygen atoms in total. The van der Waals surface area contributed by atoms with Crippen molar-refractivity contribution in [2.24, 2.45) is 23.7 Å². The number of aromatic nitrogens is 3. The van der Waals surface area contributed by atoms with E-state index in [1.54, 1.807) is 22.3 Å². The smallest absolute Gasteiger partial charge is 0.145 e. The van der Waals surface area contributed by atoms with Crippen LogP contribution in [0, 0.1) is 23.7 Å². The molecular formula is C52H55N3O. The van der Waals surface area contributed by atoms with Crippen LogP contribution in [0.1, 0.15) is 186 Å². The molecule has 1 spiro atoms. The van der Waals surface area contributed by atoms with Crippen LogP contribution in [0.4, 0.5) is 0 Å². The van der Waals surface area contributed by atoms with Crippen molar-refractivity contribution in [3.63, 3.8) is 0 Å². The van der Waals surface area contributed by atoms with Gasteiger partial charge in [0, 0.05) is 44.0 Å². The highest BCUT2D eigenvalue weighted by atomic mass is 16.3. The van der Waals surface area contributed by atoms with Crippen LogP contribution in [0.5, 0.6) is 0 Å². The molecule has 4 heteroatoms. The Balaban J connectivity index is 1.10. The number of pyridine rings is 2. The summed E-state index contributed by atoms with van der Waals surface area (Å²) >= 11 is 0. The highest BCUT2D eigenvalue weighted by molar-refractivity contribution is 6.33. The van der Waals surface area contributed by atoms with Crippen molar-refractivity contribution in [3.05, 3.63) is 64.2 Å². The Morgan fingerprint density at radius 2 is 1.18 bits per heavy atom. The van der Waals surface area contributed by atoms with E-state index in [0.717, 1.165) is 53.1 Å². The summed E-state index contributed by atoms with van der Waals surface area (Å²) in [6.07, 6.45) is 33.1. The van der Waals surface area contributed by atoms with Crippen LogP contribution in [-0.4, -0.2) is 14.4 Å². The molecule has 5 saturated carbocycles. The van der Waals surface area contributed by atoms with Gasteiger partial charge in [-0.15, -0.1) is 0 Å². The van der Waals surface area contributed by atoms with Crippen molar-refractivity contribution >= 4 is 60.0 Å². The lowest BCUT2D eigenvalue weighted by molar-refractivity contribution is 0.165. The van der Waals surface area contributed by atoms with Crippen LogP contribution in [0.3, 0.4) is 0 Å². The molecular weight excluding hydrogens is 683 g/mol. The summed E-state index contributed by atoms with van der Waals surface area (Å²) < 4.78 is 10.1. The second-order valence-electron chi connectivity index (χ2n) is 21.5. The van der Waals surface area contributed by atoms with Gasteiger partial charge in [0.05, 0.1) is 40.0 Å². The van der Waals surface area contributed by atoms with Crippen LogP contribution >= 0.6 is 0 Å². The molecule has 0 radical (unpaired) electrons. The Kier molecular flexibility index (Phi) is 6.09. The zero-order valence-corrected chi connectivity index (χ0v) is 33.1. The summed E-state index contributed by atoms with van der Waals surface area (Å²) in [5, 5.41) is 8.62. The topological polar surface area (TPSA) is 43.3 Å². The van der Waals surface area contributed by atoms with Crippen molar-refractivity contribution < 1.29 is 4.42 Å². The minimum Gasteiger partial charge on any atom is -0.455 e. The van der Waals surface area contributed by atoms with Crippen molar-refractivity contribution in [2.45, 2.75) is 164 Å². The van der Waals surface area contributed by atoms with Gasteiger partial charge in [0.1, 0.15) is 11.2 Å². The number of rotatable bonds is 0. The first-order valence-electron chi connectivity index (χ1n) is 23.6. The molecule has 10 aliphatic carbocycles. The lowest BCUT2D eigenvalue weighted by atomic mass is 9.67. The summed E-state index contributed by atoms with van der Waals surface area (Å²) in [5.41, 5.74) is 16.0. The van der Waals surface area contributed by atoms with E-state index in [0.29, 0.717) is 11.8 Å². The monoisotopic (exact) mass is 737 g/mol. The van der Waals surface area contributed by atoms with E-state index in [1.165, 1.54) is 189 Å². The van der Waals surface area contributed by atoms with E-state index in [4.69, 9.17) is 14.4 Å². The molecule has 7 aromatic rings. The molecule has 56 heavy (non-hydrogen) atoms. The number of hydrogen-bond donors (Lipinski definition) is 0. The third kappa shape index (κ3) is 3.94. The van der Waals surface area contributed by atoms with Gasteiger partial charge in [-0.25, -0.2) is 0 Å². The van der Waals surface area contributed by atoms with Gasteiger partial charge in [-0.05, 0) is 178 Å². The zero-order valence-electron chi connectivity index (χ0n) is 33.1. The van der Waals surface area contributed by atoms with E-state index in [1.807, 2.05) is 0 Å². The molecule has 0 saturated heterocycles. The average Bonchev–Trinajstić information content (AvgIpc) is 3.79. The zero-order chi connectivity index (χ0) is 36.0. The summed E-state index contributed by atoms with van der Waals surface area (Å²) in [4.78, 5) is 11.2. The molecule has 10 aliphatic rings. The summed E-state index contributed by atoms with van der Waals surface area (Å²) in [6, 6.07) is 7.89. The van der Waals surface area contributed by atoms with E-state index >= 15 is 0 Å². The molecule has 5 aromatic heterocycles. The van der Waals surface area contributed by atoms with Crippen molar-refractivity contribution in [2.75, 3.05) is 0 Å². The fraction of sp³-hybridized carbons (Fsp3) is 0.577. The molecule has 0 aliphatic heterocycles. The Morgan fingerprint density at radius 1 is 0.554 bits per heavy atom. The average molecular weight is 738 g/mol. The maximum atomic E-state index is 7.44. The highest BCUT2D eigenvalue weighted by Crippen LogP contribution is 2.60.